The summed E-state index contributed by atoms with van der Waals surface area (Å²) in [7, 11) is 0. The molecule has 1 N–H and O–H groups in total. The van der Waals surface area contributed by atoms with Crippen molar-refractivity contribution < 1.29 is 19.1 Å². The number of halogens is 1. The smallest absolute Gasteiger partial charge is 0.303 e. The van der Waals surface area contributed by atoms with E-state index in [4.69, 9.17) is 5.11 Å². The van der Waals surface area contributed by atoms with Crippen molar-refractivity contribution in [3.8, 4) is 0 Å². The Bertz CT molecular complexity index is 497. The highest BCUT2D eigenvalue weighted by atomic mass is 19.1. The first kappa shape index (κ1) is 15.5. The SMILES string of the molecule is O=C(O)CCCCC(=O)N(Cc1ccc(F)cc1)C1CC1. The fraction of sp³-hybridized carbons (Fsp3) is 0.500. The van der Waals surface area contributed by atoms with Gasteiger partial charge in [0.05, 0.1) is 0 Å². The van der Waals surface area contributed by atoms with Gasteiger partial charge in [-0.1, -0.05) is 12.1 Å². The van der Waals surface area contributed by atoms with Gasteiger partial charge in [0.25, 0.3) is 0 Å². The van der Waals surface area contributed by atoms with Crippen LogP contribution in [0.25, 0.3) is 0 Å². The van der Waals surface area contributed by atoms with Crippen LogP contribution in [0, 0.1) is 5.82 Å². The third-order valence-electron chi connectivity index (χ3n) is 3.61. The number of carboxylic acid groups (broad SMARTS) is 1. The number of hydrogen-bond acceptors (Lipinski definition) is 2. The summed E-state index contributed by atoms with van der Waals surface area (Å²) in [6, 6.07) is 6.49. The predicted molar refractivity (Wildman–Crippen MR) is 76.1 cm³/mol. The molecule has 0 saturated heterocycles. The van der Waals surface area contributed by atoms with Crippen molar-refractivity contribution in [3.05, 3.63) is 35.6 Å². The molecule has 1 amide bonds. The van der Waals surface area contributed by atoms with E-state index in [1.165, 1.54) is 12.1 Å². The van der Waals surface area contributed by atoms with Crippen LogP contribution < -0.4 is 0 Å². The molecule has 0 unspecified atom stereocenters. The molecule has 0 spiro atoms. The zero-order valence-corrected chi connectivity index (χ0v) is 11.9. The highest BCUT2D eigenvalue weighted by Gasteiger charge is 2.32. The molecule has 1 aromatic carbocycles. The van der Waals surface area contributed by atoms with Crippen molar-refractivity contribution in [3.63, 3.8) is 0 Å². The van der Waals surface area contributed by atoms with E-state index >= 15 is 0 Å². The van der Waals surface area contributed by atoms with E-state index in [2.05, 4.69) is 0 Å². The van der Waals surface area contributed by atoms with Crippen molar-refractivity contribution in [1.29, 1.82) is 0 Å². The summed E-state index contributed by atoms with van der Waals surface area (Å²) in [4.78, 5) is 24.5. The van der Waals surface area contributed by atoms with E-state index in [0.29, 0.717) is 31.8 Å². The lowest BCUT2D eigenvalue weighted by molar-refractivity contribution is -0.137. The lowest BCUT2D eigenvalue weighted by Crippen LogP contribution is -2.32. The topological polar surface area (TPSA) is 57.6 Å². The molecular formula is C16H20FNO3. The van der Waals surface area contributed by atoms with Crippen LogP contribution in [-0.4, -0.2) is 27.9 Å². The highest BCUT2D eigenvalue weighted by molar-refractivity contribution is 5.77. The van der Waals surface area contributed by atoms with E-state index in [-0.39, 0.29) is 18.1 Å². The molecule has 5 heteroatoms. The lowest BCUT2D eigenvalue weighted by Gasteiger charge is -2.22. The monoisotopic (exact) mass is 293 g/mol. The molecule has 0 atom stereocenters. The number of aliphatic carboxylic acids is 1. The second-order valence-electron chi connectivity index (χ2n) is 5.48. The molecule has 1 aliphatic carbocycles. The van der Waals surface area contributed by atoms with Crippen LogP contribution in [0.5, 0.6) is 0 Å². The third kappa shape index (κ3) is 5.17. The molecule has 1 aliphatic rings. The van der Waals surface area contributed by atoms with Crippen molar-refractivity contribution in [2.45, 2.75) is 51.1 Å². The summed E-state index contributed by atoms with van der Waals surface area (Å²) in [5, 5.41) is 8.58. The fourth-order valence-corrected chi connectivity index (χ4v) is 2.29. The molecule has 21 heavy (non-hydrogen) atoms. The Kier molecular flexibility index (Phi) is 5.31. The number of carboxylic acids is 1. The third-order valence-corrected chi connectivity index (χ3v) is 3.61. The summed E-state index contributed by atoms with van der Waals surface area (Å²) in [6.07, 6.45) is 3.64. The molecule has 4 nitrogen and oxygen atoms in total. The Morgan fingerprint density at radius 3 is 2.33 bits per heavy atom. The second kappa shape index (κ2) is 7.20. The van der Waals surface area contributed by atoms with E-state index in [9.17, 15) is 14.0 Å². The summed E-state index contributed by atoms with van der Waals surface area (Å²) in [5.74, 6) is -1.04. The van der Waals surface area contributed by atoms with E-state index < -0.39 is 5.97 Å². The minimum atomic E-state index is -0.826. The Hall–Kier alpha value is -1.91. The van der Waals surface area contributed by atoms with Crippen molar-refractivity contribution >= 4 is 11.9 Å². The van der Waals surface area contributed by atoms with Gasteiger partial charge in [0.15, 0.2) is 0 Å². The van der Waals surface area contributed by atoms with Gasteiger partial charge in [-0.3, -0.25) is 9.59 Å². The zero-order chi connectivity index (χ0) is 15.2. The number of unbranched alkanes of at least 4 members (excludes halogenated alkanes) is 1. The molecule has 1 aromatic rings. The van der Waals surface area contributed by atoms with Crippen LogP contribution in [0.1, 0.15) is 44.1 Å². The molecule has 2 rings (SSSR count). The molecular weight excluding hydrogens is 273 g/mol. The van der Waals surface area contributed by atoms with Gasteiger partial charge in [-0.15, -0.1) is 0 Å². The maximum Gasteiger partial charge on any atom is 0.303 e. The number of rotatable bonds is 8. The molecule has 1 fully saturated rings. The molecule has 114 valence electrons. The number of amides is 1. The predicted octanol–water partition coefficient (Wildman–Crippen LogP) is 2.96. The largest absolute Gasteiger partial charge is 0.481 e. The van der Waals surface area contributed by atoms with Crippen molar-refractivity contribution in [1.82, 2.24) is 4.90 Å². The van der Waals surface area contributed by atoms with E-state index in [1.54, 1.807) is 12.1 Å². The van der Waals surface area contributed by atoms with Crippen molar-refractivity contribution in [2.24, 2.45) is 0 Å². The van der Waals surface area contributed by atoms with E-state index in [0.717, 1.165) is 18.4 Å². The first-order valence-electron chi connectivity index (χ1n) is 7.32. The first-order valence-corrected chi connectivity index (χ1v) is 7.32. The molecule has 0 heterocycles. The minimum absolute atomic E-state index is 0.0622. The number of nitrogens with zero attached hydrogens (tertiary/aromatic N) is 1. The number of carbonyl (C=O) groups excluding carboxylic acids is 1. The quantitative estimate of drug-likeness (QED) is 0.750. The number of hydrogen-bond donors (Lipinski definition) is 1. The first-order chi connectivity index (χ1) is 10.1. The van der Waals surface area contributed by atoms with Gasteiger partial charge in [0.1, 0.15) is 5.82 Å². The zero-order valence-electron chi connectivity index (χ0n) is 11.9. The minimum Gasteiger partial charge on any atom is -0.481 e. The van der Waals surface area contributed by atoms with Gasteiger partial charge in [-0.05, 0) is 43.4 Å². The Balaban J connectivity index is 1.85. The van der Waals surface area contributed by atoms with Gasteiger partial charge < -0.3 is 10.0 Å². The van der Waals surface area contributed by atoms with E-state index in [1.807, 2.05) is 4.90 Å². The van der Waals surface area contributed by atoms with Crippen molar-refractivity contribution in [2.75, 3.05) is 0 Å². The highest BCUT2D eigenvalue weighted by Crippen LogP contribution is 2.29. The van der Waals surface area contributed by atoms with Crippen LogP contribution >= 0.6 is 0 Å². The van der Waals surface area contributed by atoms with Gasteiger partial charge >= 0.3 is 5.97 Å². The summed E-state index contributed by atoms with van der Waals surface area (Å²) >= 11 is 0. The number of carbonyl (C=O) groups is 2. The molecule has 0 aliphatic heterocycles. The van der Waals surface area contributed by atoms with Crippen LogP contribution in [0.15, 0.2) is 24.3 Å². The Labute approximate surface area is 123 Å². The van der Waals surface area contributed by atoms with Crippen LogP contribution in [0.3, 0.4) is 0 Å². The summed E-state index contributed by atoms with van der Waals surface area (Å²) < 4.78 is 12.9. The van der Waals surface area contributed by atoms with Gasteiger partial charge in [0.2, 0.25) is 5.91 Å². The lowest BCUT2D eigenvalue weighted by atomic mass is 10.1. The van der Waals surface area contributed by atoms with Gasteiger partial charge in [-0.2, -0.15) is 0 Å². The normalized spacial score (nSPS) is 14.0. The molecule has 0 aromatic heterocycles. The average molecular weight is 293 g/mol. The summed E-state index contributed by atoms with van der Waals surface area (Å²) in [6.45, 7) is 0.503. The number of benzene rings is 1. The maximum atomic E-state index is 12.9. The summed E-state index contributed by atoms with van der Waals surface area (Å²) in [5.41, 5.74) is 0.919. The van der Waals surface area contributed by atoms with Crippen LogP contribution in [-0.2, 0) is 16.1 Å². The van der Waals surface area contributed by atoms with Gasteiger partial charge in [0, 0.05) is 25.4 Å². The Morgan fingerprint density at radius 2 is 1.76 bits per heavy atom. The standard InChI is InChI=1S/C16H20FNO3/c17-13-7-5-12(6-8-13)11-18(14-9-10-14)15(19)3-1-2-4-16(20)21/h5-8,14H,1-4,9-11H2,(H,20,21). The molecule has 0 radical (unpaired) electrons. The molecule has 0 bridgehead atoms. The Morgan fingerprint density at radius 1 is 1.14 bits per heavy atom. The maximum absolute atomic E-state index is 12.9. The van der Waals surface area contributed by atoms with Gasteiger partial charge in [-0.25, -0.2) is 4.39 Å². The molecule has 1 saturated carbocycles. The second-order valence-corrected chi connectivity index (χ2v) is 5.48. The fourth-order valence-electron chi connectivity index (χ4n) is 2.29. The average Bonchev–Trinajstić information content (AvgIpc) is 3.27. The van der Waals surface area contributed by atoms with Crippen LogP contribution in [0.4, 0.5) is 4.39 Å². The van der Waals surface area contributed by atoms with Crippen LogP contribution in [0.2, 0.25) is 0 Å².